The van der Waals surface area contributed by atoms with E-state index in [2.05, 4.69) is 5.32 Å². The fourth-order valence-electron chi connectivity index (χ4n) is 3.37. The average Bonchev–Trinajstić information content (AvgIpc) is 2.66. The van der Waals surface area contributed by atoms with Gasteiger partial charge in [0.2, 0.25) is 5.91 Å². The number of hydrogen-bond acceptors (Lipinski definition) is 4. The Kier molecular flexibility index (Phi) is 6.60. The van der Waals surface area contributed by atoms with E-state index in [0.717, 1.165) is 19.3 Å². The normalized spacial score (nSPS) is 15.8. The molecule has 1 fully saturated rings. The fraction of sp³-hybridized carbons (Fsp3) is 0.526. The predicted octanol–water partition coefficient (Wildman–Crippen LogP) is 2.06. The zero-order chi connectivity index (χ0) is 19.2. The van der Waals surface area contributed by atoms with E-state index in [-0.39, 0.29) is 6.54 Å². The average molecular weight is 362 g/mol. The summed E-state index contributed by atoms with van der Waals surface area (Å²) in [7, 11) is 1.50. The maximum atomic E-state index is 12.5. The van der Waals surface area contributed by atoms with E-state index in [1.165, 1.54) is 11.9 Å². The molecule has 0 bridgehead atoms. The van der Waals surface area contributed by atoms with E-state index >= 15 is 0 Å². The van der Waals surface area contributed by atoms with Crippen molar-refractivity contribution in [1.82, 2.24) is 10.2 Å². The summed E-state index contributed by atoms with van der Waals surface area (Å²) in [5.74, 6) is -1.39. The summed E-state index contributed by atoms with van der Waals surface area (Å²) in [6, 6.07) is 6.79. The number of carboxylic acids is 1. The molecule has 26 heavy (non-hydrogen) atoms. The number of ether oxygens (including phenoxy) is 1. The molecule has 1 aromatic carbocycles. The summed E-state index contributed by atoms with van der Waals surface area (Å²) in [5.41, 5.74) is -0.834. The van der Waals surface area contributed by atoms with Gasteiger partial charge in [-0.15, -0.1) is 0 Å². The molecule has 1 aliphatic rings. The topological polar surface area (TPSA) is 95.9 Å². The maximum Gasteiger partial charge on any atom is 0.329 e. The van der Waals surface area contributed by atoms with Crippen molar-refractivity contribution in [3.8, 4) is 5.75 Å². The van der Waals surface area contributed by atoms with Gasteiger partial charge in [0.1, 0.15) is 11.3 Å². The first-order valence-corrected chi connectivity index (χ1v) is 8.92. The number of rotatable bonds is 7. The Balaban J connectivity index is 2.03. The van der Waals surface area contributed by atoms with Crippen LogP contribution in [0.25, 0.3) is 0 Å². The highest BCUT2D eigenvalue weighted by atomic mass is 16.5. The van der Waals surface area contributed by atoms with Crippen molar-refractivity contribution in [3.05, 3.63) is 29.8 Å². The van der Waals surface area contributed by atoms with E-state index in [4.69, 9.17) is 4.74 Å². The summed E-state index contributed by atoms with van der Waals surface area (Å²) in [6.45, 7) is 1.99. The summed E-state index contributed by atoms with van der Waals surface area (Å²) in [4.78, 5) is 38.0. The minimum Gasteiger partial charge on any atom is -0.493 e. The highest BCUT2D eigenvalue weighted by molar-refractivity contribution is 5.99. The van der Waals surface area contributed by atoms with Crippen LogP contribution in [0, 0.1) is 0 Å². The lowest BCUT2D eigenvalue weighted by Gasteiger charge is -2.41. The van der Waals surface area contributed by atoms with Crippen molar-refractivity contribution in [1.29, 1.82) is 0 Å². The fourth-order valence-corrected chi connectivity index (χ4v) is 3.37. The van der Waals surface area contributed by atoms with Crippen molar-refractivity contribution in [2.45, 2.75) is 44.6 Å². The van der Waals surface area contributed by atoms with Crippen molar-refractivity contribution < 1.29 is 24.2 Å². The molecule has 1 saturated carbocycles. The third-order valence-corrected chi connectivity index (χ3v) is 4.93. The van der Waals surface area contributed by atoms with Crippen LogP contribution in [0.4, 0.5) is 0 Å². The van der Waals surface area contributed by atoms with Crippen molar-refractivity contribution in [2.24, 2.45) is 0 Å². The van der Waals surface area contributed by atoms with Gasteiger partial charge in [0, 0.05) is 7.05 Å². The Morgan fingerprint density at radius 2 is 1.85 bits per heavy atom. The molecule has 0 spiro atoms. The quantitative estimate of drug-likeness (QED) is 0.774. The van der Waals surface area contributed by atoms with Crippen molar-refractivity contribution >= 4 is 17.8 Å². The van der Waals surface area contributed by atoms with Crippen molar-refractivity contribution in [3.63, 3.8) is 0 Å². The van der Waals surface area contributed by atoms with Crippen LogP contribution < -0.4 is 10.1 Å². The third kappa shape index (κ3) is 4.15. The number of amides is 2. The number of hydrogen-bond donors (Lipinski definition) is 2. The standard InChI is InChI=1S/C19H26N2O5/c1-3-26-15-10-6-5-9-14(15)17(23)20-13-16(22)21(2)19(18(24)25)11-7-4-8-12-19/h5-6,9-10H,3-4,7-8,11-13H2,1-2H3,(H,20,23)(H,24,25). The van der Waals surface area contributed by atoms with Gasteiger partial charge in [0.25, 0.3) is 5.91 Å². The second-order valence-corrected chi connectivity index (χ2v) is 6.46. The smallest absolute Gasteiger partial charge is 0.329 e. The van der Waals surface area contributed by atoms with Crippen LogP contribution in [0.15, 0.2) is 24.3 Å². The monoisotopic (exact) mass is 362 g/mol. The number of carbonyl (C=O) groups excluding carboxylic acids is 2. The van der Waals surface area contributed by atoms with Crippen LogP contribution in [0.3, 0.4) is 0 Å². The molecule has 142 valence electrons. The van der Waals surface area contributed by atoms with Gasteiger partial charge >= 0.3 is 5.97 Å². The zero-order valence-corrected chi connectivity index (χ0v) is 15.3. The van der Waals surface area contributed by atoms with Crippen LogP contribution in [-0.2, 0) is 9.59 Å². The highest BCUT2D eigenvalue weighted by Gasteiger charge is 2.45. The van der Waals surface area contributed by atoms with E-state index in [1.807, 2.05) is 6.92 Å². The number of nitrogens with one attached hydrogen (secondary N) is 1. The number of carbonyl (C=O) groups is 3. The van der Waals surface area contributed by atoms with E-state index in [9.17, 15) is 19.5 Å². The highest BCUT2D eigenvalue weighted by Crippen LogP contribution is 2.33. The maximum absolute atomic E-state index is 12.5. The van der Waals surface area contributed by atoms with Crippen LogP contribution in [0.2, 0.25) is 0 Å². The first-order chi connectivity index (χ1) is 12.4. The largest absolute Gasteiger partial charge is 0.493 e. The second kappa shape index (κ2) is 8.69. The second-order valence-electron chi connectivity index (χ2n) is 6.46. The third-order valence-electron chi connectivity index (χ3n) is 4.93. The molecule has 0 unspecified atom stereocenters. The zero-order valence-electron chi connectivity index (χ0n) is 15.3. The van der Waals surface area contributed by atoms with Crippen LogP contribution in [-0.4, -0.2) is 53.5 Å². The Morgan fingerprint density at radius 1 is 1.19 bits per heavy atom. The molecular formula is C19H26N2O5. The molecule has 2 amide bonds. The van der Waals surface area contributed by atoms with E-state index < -0.39 is 23.3 Å². The van der Waals surface area contributed by atoms with Gasteiger partial charge in [-0.05, 0) is 31.9 Å². The molecule has 0 aliphatic heterocycles. The summed E-state index contributed by atoms with van der Waals surface area (Å²) < 4.78 is 5.42. The molecule has 1 aromatic rings. The first kappa shape index (κ1) is 19.8. The number of carboxylic acid groups (broad SMARTS) is 1. The lowest BCUT2D eigenvalue weighted by atomic mass is 9.80. The minimum absolute atomic E-state index is 0.259. The number of aliphatic carboxylic acids is 1. The molecule has 0 saturated heterocycles. The van der Waals surface area contributed by atoms with Crippen LogP contribution in [0.5, 0.6) is 5.75 Å². The van der Waals surface area contributed by atoms with Gasteiger partial charge in [0.05, 0.1) is 18.7 Å². The molecular weight excluding hydrogens is 336 g/mol. The molecule has 0 atom stereocenters. The molecule has 0 heterocycles. The molecule has 7 nitrogen and oxygen atoms in total. The Morgan fingerprint density at radius 3 is 2.46 bits per heavy atom. The summed E-state index contributed by atoms with van der Waals surface area (Å²) >= 11 is 0. The molecule has 2 N–H and O–H groups in total. The Bertz CT molecular complexity index is 668. The molecule has 1 aliphatic carbocycles. The number of benzene rings is 1. The van der Waals surface area contributed by atoms with Gasteiger partial charge in [-0.3, -0.25) is 9.59 Å². The summed E-state index contributed by atoms with van der Waals surface area (Å²) in [6.07, 6.45) is 3.40. The molecule has 2 rings (SSSR count). The molecule has 0 aromatic heterocycles. The van der Waals surface area contributed by atoms with Gasteiger partial charge in [-0.25, -0.2) is 4.79 Å². The van der Waals surface area contributed by atoms with Gasteiger partial charge in [0.15, 0.2) is 0 Å². The van der Waals surface area contributed by atoms with E-state index in [1.54, 1.807) is 24.3 Å². The minimum atomic E-state index is -1.18. The molecule has 7 heteroatoms. The number of nitrogens with zero attached hydrogens (tertiary/aromatic N) is 1. The lowest BCUT2D eigenvalue weighted by molar-refractivity contribution is -0.159. The number of para-hydroxylation sites is 1. The summed E-state index contributed by atoms with van der Waals surface area (Å²) in [5, 5.41) is 12.2. The number of likely N-dealkylation sites (N-methyl/N-ethyl adjacent to an activating group) is 1. The lowest BCUT2D eigenvalue weighted by Crippen LogP contribution is -2.58. The molecule has 0 radical (unpaired) electrons. The van der Waals surface area contributed by atoms with Crippen LogP contribution >= 0.6 is 0 Å². The predicted molar refractivity (Wildman–Crippen MR) is 96.2 cm³/mol. The van der Waals surface area contributed by atoms with Gasteiger partial charge < -0.3 is 20.1 Å². The Hall–Kier alpha value is -2.57. The van der Waals surface area contributed by atoms with Crippen LogP contribution in [0.1, 0.15) is 49.4 Å². The first-order valence-electron chi connectivity index (χ1n) is 8.92. The van der Waals surface area contributed by atoms with Crippen molar-refractivity contribution in [2.75, 3.05) is 20.2 Å². The van der Waals surface area contributed by atoms with E-state index in [0.29, 0.717) is 30.8 Å². The SMILES string of the molecule is CCOc1ccccc1C(=O)NCC(=O)N(C)C1(C(=O)O)CCCCC1. The van der Waals surface area contributed by atoms with Gasteiger partial charge in [-0.2, -0.15) is 0 Å². The van der Waals surface area contributed by atoms with Gasteiger partial charge in [-0.1, -0.05) is 31.4 Å². The Labute approximate surface area is 153 Å².